The molecule has 1 aromatic rings. The normalized spacial score (nSPS) is 13.9. The van der Waals surface area contributed by atoms with Crippen LogP contribution in [0.3, 0.4) is 0 Å². The number of anilines is 1. The Kier molecular flexibility index (Phi) is 6.48. The van der Waals surface area contributed by atoms with Crippen LogP contribution in [0.5, 0.6) is 5.75 Å². The summed E-state index contributed by atoms with van der Waals surface area (Å²) in [6.45, 7) is 5.10. The Morgan fingerprint density at radius 1 is 1.40 bits per heavy atom. The van der Waals surface area contributed by atoms with Gasteiger partial charge in [0.05, 0.1) is 5.92 Å². The molecule has 0 aliphatic carbocycles. The number of hydrogen-bond donors (Lipinski definition) is 2. The molecule has 1 amide bonds. The Labute approximate surface area is 121 Å². The fourth-order valence-corrected chi connectivity index (χ4v) is 1.50. The first-order valence-corrected chi connectivity index (χ1v) is 6.84. The van der Waals surface area contributed by atoms with Crippen molar-refractivity contribution in [1.82, 2.24) is 4.90 Å². The van der Waals surface area contributed by atoms with Crippen LogP contribution in [-0.4, -0.2) is 44.1 Å². The van der Waals surface area contributed by atoms with Gasteiger partial charge in [-0.15, -0.1) is 0 Å². The lowest BCUT2D eigenvalue weighted by molar-refractivity contribution is -0.119. The Morgan fingerprint density at radius 3 is 2.70 bits per heavy atom. The van der Waals surface area contributed by atoms with Gasteiger partial charge in [-0.25, -0.2) is 0 Å². The molecule has 0 saturated heterocycles. The van der Waals surface area contributed by atoms with Gasteiger partial charge in [0.1, 0.15) is 12.4 Å². The number of ether oxygens (including phenoxy) is 1. The first kappa shape index (κ1) is 16.5. The van der Waals surface area contributed by atoms with E-state index in [1.54, 1.807) is 0 Å². The van der Waals surface area contributed by atoms with Crippen molar-refractivity contribution in [3.8, 4) is 5.75 Å². The standard InChI is InChI=1S/C15H25N3O2/c1-11(12(2)16)15(19)17-13-6-5-7-14(10-13)20-9-8-18(3)4/h5-7,10-12H,8-9,16H2,1-4H3,(H,17,19). The second kappa shape index (κ2) is 7.87. The molecule has 0 heterocycles. The van der Waals surface area contributed by atoms with Crippen molar-refractivity contribution in [2.24, 2.45) is 11.7 Å². The Morgan fingerprint density at radius 2 is 2.10 bits per heavy atom. The molecule has 112 valence electrons. The molecule has 1 rings (SSSR count). The molecule has 0 aliphatic heterocycles. The van der Waals surface area contributed by atoms with Crippen LogP contribution in [0, 0.1) is 5.92 Å². The maximum Gasteiger partial charge on any atom is 0.228 e. The lowest BCUT2D eigenvalue weighted by atomic mass is 10.0. The highest BCUT2D eigenvalue weighted by Gasteiger charge is 2.17. The van der Waals surface area contributed by atoms with E-state index in [0.717, 1.165) is 18.0 Å². The highest BCUT2D eigenvalue weighted by Crippen LogP contribution is 2.18. The van der Waals surface area contributed by atoms with Gasteiger partial charge in [-0.1, -0.05) is 13.0 Å². The smallest absolute Gasteiger partial charge is 0.228 e. The minimum absolute atomic E-state index is 0.0783. The molecule has 3 N–H and O–H groups in total. The zero-order chi connectivity index (χ0) is 15.1. The van der Waals surface area contributed by atoms with Crippen LogP contribution in [0.15, 0.2) is 24.3 Å². The van der Waals surface area contributed by atoms with E-state index in [4.69, 9.17) is 10.5 Å². The third kappa shape index (κ3) is 5.59. The molecule has 5 heteroatoms. The number of carbonyl (C=O) groups is 1. The third-order valence-corrected chi connectivity index (χ3v) is 3.11. The first-order valence-electron chi connectivity index (χ1n) is 6.84. The summed E-state index contributed by atoms with van der Waals surface area (Å²) in [7, 11) is 3.99. The van der Waals surface area contributed by atoms with Crippen LogP contribution >= 0.6 is 0 Å². The topological polar surface area (TPSA) is 67.6 Å². The minimum atomic E-state index is -0.228. The SMILES string of the molecule is CC(N)C(C)C(=O)Nc1cccc(OCCN(C)C)c1. The van der Waals surface area contributed by atoms with Crippen LogP contribution in [0.4, 0.5) is 5.69 Å². The zero-order valence-electron chi connectivity index (χ0n) is 12.7. The lowest BCUT2D eigenvalue weighted by Crippen LogP contribution is -2.34. The fourth-order valence-electron chi connectivity index (χ4n) is 1.50. The number of carbonyl (C=O) groups excluding carboxylic acids is 1. The Hall–Kier alpha value is -1.59. The molecule has 2 atom stereocenters. The van der Waals surface area contributed by atoms with Gasteiger partial charge >= 0.3 is 0 Å². The fraction of sp³-hybridized carbons (Fsp3) is 0.533. The van der Waals surface area contributed by atoms with E-state index in [2.05, 4.69) is 10.2 Å². The van der Waals surface area contributed by atoms with Crippen molar-refractivity contribution in [1.29, 1.82) is 0 Å². The van der Waals surface area contributed by atoms with E-state index in [1.807, 2.05) is 52.2 Å². The van der Waals surface area contributed by atoms with E-state index in [1.165, 1.54) is 0 Å². The number of benzene rings is 1. The van der Waals surface area contributed by atoms with Crippen LogP contribution < -0.4 is 15.8 Å². The molecule has 0 fully saturated rings. The monoisotopic (exact) mass is 279 g/mol. The van der Waals surface area contributed by atoms with Gasteiger partial charge in [-0.2, -0.15) is 0 Å². The highest BCUT2D eigenvalue weighted by atomic mass is 16.5. The second-order valence-electron chi connectivity index (χ2n) is 5.32. The number of nitrogens with two attached hydrogens (primary N) is 1. The molecule has 0 aromatic heterocycles. The highest BCUT2D eigenvalue weighted by molar-refractivity contribution is 5.92. The van der Waals surface area contributed by atoms with Gasteiger partial charge in [0.25, 0.3) is 0 Å². The number of nitrogens with one attached hydrogen (secondary N) is 1. The van der Waals surface area contributed by atoms with Crippen LogP contribution in [-0.2, 0) is 4.79 Å². The predicted molar refractivity (Wildman–Crippen MR) is 81.9 cm³/mol. The van der Waals surface area contributed by atoms with Crippen molar-refractivity contribution in [2.45, 2.75) is 19.9 Å². The summed E-state index contributed by atoms with van der Waals surface area (Å²) in [6, 6.07) is 7.22. The van der Waals surface area contributed by atoms with Gasteiger partial charge in [0, 0.05) is 24.3 Å². The maximum atomic E-state index is 11.9. The van der Waals surface area contributed by atoms with Crippen LogP contribution in [0.1, 0.15) is 13.8 Å². The van der Waals surface area contributed by atoms with Crippen molar-refractivity contribution >= 4 is 11.6 Å². The summed E-state index contributed by atoms with van der Waals surface area (Å²) in [5.74, 6) is 0.442. The summed E-state index contributed by atoms with van der Waals surface area (Å²) in [6.07, 6.45) is 0. The maximum absolute atomic E-state index is 11.9. The summed E-state index contributed by atoms with van der Waals surface area (Å²) in [5, 5.41) is 2.85. The molecule has 5 nitrogen and oxygen atoms in total. The third-order valence-electron chi connectivity index (χ3n) is 3.11. The van der Waals surface area contributed by atoms with Gasteiger partial charge < -0.3 is 20.7 Å². The number of amides is 1. The van der Waals surface area contributed by atoms with E-state index in [-0.39, 0.29) is 17.9 Å². The first-order chi connectivity index (χ1) is 9.40. The quantitative estimate of drug-likeness (QED) is 0.794. The summed E-state index contributed by atoms with van der Waals surface area (Å²) >= 11 is 0. The molecule has 0 saturated carbocycles. The minimum Gasteiger partial charge on any atom is -0.492 e. The summed E-state index contributed by atoms with van der Waals surface area (Å²) < 4.78 is 5.63. The molecule has 0 bridgehead atoms. The molecular weight excluding hydrogens is 254 g/mol. The van der Waals surface area contributed by atoms with Gasteiger partial charge in [-0.05, 0) is 33.2 Å². The molecule has 0 radical (unpaired) electrons. The number of nitrogens with zero attached hydrogens (tertiary/aromatic N) is 1. The molecule has 0 aliphatic rings. The van der Waals surface area contributed by atoms with Gasteiger partial charge in [0.15, 0.2) is 0 Å². The van der Waals surface area contributed by atoms with E-state index in [0.29, 0.717) is 6.61 Å². The van der Waals surface area contributed by atoms with Crippen molar-refractivity contribution in [2.75, 3.05) is 32.6 Å². The van der Waals surface area contributed by atoms with E-state index >= 15 is 0 Å². The summed E-state index contributed by atoms with van der Waals surface area (Å²) in [4.78, 5) is 14.0. The largest absolute Gasteiger partial charge is 0.492 e. The second-order valence-corrected chi connectivity index (χ2v) is 5.32. The Bertz CT molecular complexity index is 433. The molecule has 20 heavy (non-hydrogen) atoms. The van der Waals surface area contributed by atoms with Gasteiger partial charge in [0.2, 0.25) is 5.91 Å². The van der Waals surface area contributed by atoms with E-state index < -0.39 is 0 Å². The average molecular weight is 279 g/mol. The predicted octanol–water partition coefficient (Wildman–Crippen LogP) is 1.55. The molecule has 0 spiro atoms. The van der Waals surface area contributed by atoms with Gasteiger partial charge in [-0.3, -0.25) is 4.79 Å². The number of likely N-dealkylation sites (N-methyl/N-ethyl adjacent to an activating group) is 1. The average Bonchev–Trinajstić information content (AvgIpc) is 2.37. The summed E-state index contributed by atoms with van der Waals surface area (Å²) in [5.41, 5.74) is 6.45. The molecular formula is C15H25N3O2. The molecule has 1 aromatic carbocycles. The molecule has 2 unspecified atom stereocenters. The van der Waals surface area contributed by atoms with E-state index in [9.17, 15) is 4.79 Å². The van der Waals surface area contributed by atoms with Crippen LogP contribution in [0.25, 0.3) is 0 Å². The zero-order valence-corrected chi connectivity index (χ0v) is 12.7. The number of hydrogen-bond acceptors (Lipinski definition) is 4. The van der Waals surface area contributed by atoms with Crippen molar-refractivity contribution in [3.05, 3.63) is 24.3 Å². The van der Waals surface area contributed by atoms with Crippen LogP contribution in [0.2, 0.25) is 0 Å². The number of rotatable bonds is 7. The van der Waals surface area contributed by atoms with Crippen molar-refractivity contribution < 1.29 is 9.53 Å². The lowest BCUT2D eigenvalue weighted by Gasteiger charge is -2.16. The van der Waals surface area contributed by atoms with Crippen molar-refractivity contribution in [3.63, 3.8) is 0 Å². The Balaban J connectivity index is 2.57.